The van der Waals surface area contributed by atoms with Gasteiger partial charge >= 0.3 is 5.97 Å². The molecule has 1 aromatic heterocycles. The van der Waals surface area contributed by atoms with Crippen LogP contribution in [0.1, 0.15) is 13.3 Å². The first kappa shape index (κ1) is 11.5. The van der Waals surface area contributed by atoms with Crippen LogP contribution in [0, 0.1) is 0 Å². The summed E-state index contributed by atoms with van der Waals surface area (Å²) in [5.74, 6) is -0.779. The highest BCUT2D eigenvalue weighted by Gasteiger charge is 2.09. The largest absolute Gasteiger partial charge is 0.481 e. The van der Waals surface area contributed by atoms with E-state index in [-0.39, 0.29) is 6.42 Å². The molecule has 14 heavy (non-hydrogen) atoms. The van der Waals surface area contributed by atoms with Gasteiger partial charge in [-0.15, -0.1) is 11.3 Å². The topological polar surface area (TPSA) is 53.4 Å². The van der Waals surface area contributed by atoms with Gasteiger partial charge in [-0.3, -0.25) is 4.79 Å². The third-order valence-corrected chi connectivity index (χ3v) is 3.32. The van der Waals surface area contributed by atoms with E-state index in [9.17, 15) is 4.79 Å². The number of hydrogen-bond donors (Lipinski definition) is 1. The maximum Gasteiger partial charge on any atom is 0.305 e. The van der Waals surface area contributed by atoms with Gasteiger partial charge in [0.25, 0.3) is 0 Å². The lowest BCUT2D eigenvalue weighted by Gasteiger charge is -2.18. The normalized spacial score (nSPS) is 10.1. The summed E-state index contributed by atoms with van der Waals surface area (Å²) in [6, 6.07) is 0. The average molecular weight is 279 g/mol. The van der Waals surface area contributed by atoms with Crippen LogP contribution in [-0.2, 0) is 4.79 Å². The lowest BCUT2D eigenvalue weighted by molar-refractivity contribution is -0.136. The monoisotopic (exact) mass is 278 g/mol. The molecule has 78 valence electrons. The van der Waals surface area contributed by atoms with Crippen LogP contribution in [0.25, 0.3) is 0 Å². The summed E-state index contributed by atoms with van der Waals surface area (Å²) < 4.78 is 0.797. The fourth-order valence-electron chi connectivity index (χ4n) is 1.01. The molecule has 0 amide bonds. The SMILES string of the molecule is CCN(CCC(=O)O)c1nc(Br)cs1. The van der Waals surface area contributed by atoms with Crippen molar-refractivity contribution in [1.82, 2.24) is 4.98 Å². The molecule has 0 bridgehead atoms. The number of anilines is 1. The summed E-state index contributed by atoms with van der Waals surface area (Å²) in [5.41, 5.74) is 0. The van der Waals surface area contributed by atoms with Crippen LogP contribution in [0.5, 0.6) is 0 Å². The minimum absolute atomic E-state index is 0.144. The van der Waals surface area contributed by atoms with Gasteiger partial charge in [-0.2, -0.15) is 0 Å². The Hall–Kier alpha value is -0.620. The van der Waals surface area contributed by atoms with E-state index in [0.29, 0.717) is 6.54 Å². The molecule has 0 saturated carbocycles. The summed E-state index contributed by atoms with van der Waals surface area (Å²) in [7, 11) is 0. The molecule has 6 heteroatoms. The first-order valence-electron chi connectivity index (χ1n) is 4.21. The molecule has 0 saturated heterocycles. The first-order chi connectivity index (χ1) is 6.63. The van der Waals surface area contributed by atoms with Crippen molar-refractivity contribution in [1.29, 1.82) is 0 Å². The standard InChI is InChI=1S/C8H11BrN2O2S/c1-2-11(4-3-7(12)13)8-10-6(9)5-14-8/h5H,2-4H2,1H3,(H,12,13). The van der Waals surface area contributed by atoms with E-state index in [1.54, 1.807) is 0 Å². The predicted molar refractivity (Wildman–Crippen MR) is 60.0 cm³/mol. The number of aliphatic carboxylic acids is 1. The van der Waals surface area contributed by atoms with Gasteiger partial charge in [-0.05, 0) is 22.9 Å². The summed E-state index contributed by atoms with van der Waals surface area (Å²) in [6.45, 7) is 3.26. The Bertz CT molecular complexity index is 316. The smallest absolute Gasteiger partial charge is 0.305 e. The van der Waals surface area contributed by atoms with Crippen molar-refractivity contribution in [2.24, 2.45) is 0 Å². The number of aromatic nitrogens is 1. The molecule has 1 N–H and O–H groups in total. The summed E-state index contributed by atoms with van der Waals surface area (Å²) in [4.78, 5) is 16.6. The van der Waals surface area contributed by atoms with Crippen molar-refractivity contribution in [2.75, 3.05) is 18.0 Å². The van der Waals surface area contributed by atoms with Crippen molar-refractivity contribution in [3.63, 3.8) is 0 Å². The molecule has 0 atom stereocenters. The number of thiazole rings is 1. The van der Waals surface area contributed by atoms with Crippen LogP contribution in [0.4, 0.5) is 5.13 Å². The van der Waals surface area contributed by atoms with Gasteiger partial charge in [0.1, 0.15) is 4.60 Å². The predicted octanol–water partition coefficient (Wildman–Crippen LogP) is 2.21. The molecule has 0 radical (unpaired) electrons. The van der Waals surface area contributed by atoms with Gasteiger partial charge in [0.2, 0.25) is 0 Å². The minimum atomic E-state index is -0.779. The molecule has 0 aliphatic carbocycles. The van der Waals surface area contributed by atoms with E-state index in [1.165, 1.54) is 11.3 Å². The molecule has 1 rings (SSSR count). The molecule has 0 unspecified atom stereocenters. The fourth-order valence-corrected chi connectivity index (χ4v) is 2.35. The minimum Gasteiger partial charge on any atom is -0.481 e. The van der Waals surface area contributed by atoms with Gasteiger partial charge < -0.3 is 10.0 Å². The summed E-state index contributed by atoms with van der Waals surface area (Å²) >= 11 is 4.77. The Labute approximate surface area is 94.7 Å². The average Bonchev–Trinajstić information content (AvgIpc) is 2.53. The molecule has 1 heterocycles. The fraction of sp³-hybridized carbons (Fsp3) is 0.500. The highest BCUT2D eigenvalue weighted by Crippen LogP contribution is 2.23. The van der Waals surface area contributed by atoms with Gasteiger partial charge in [-0.1, -0.05) is 0 Å². The maximum atomic E-state index is 10.4. The van der Waals surface area contributed by atoms with Crippen LogP contribution in [0.2, 0.25) is 0 Å². The van der Waals surface area contributed by atoms with Crippen LogP contribution < -0.4 is 4.90 Å². The van der Waals surface area contributed by atoms with Crippen molar-refractivity contribution in [3.8, 4) is 0 Å². The molecule has 1 aromatic rings. The van der Waals surface area contributed by atoms with E-state index in [2.05, 4.69) is 20.9 Å². The van der Waals surface area contributed by atoms with E-state index in [4.69, 9.17) is 5.11 Å². The molecule has 4 nitrogen and oxygen atoms in total. The lowest BCUT2D eigenvalue weighted by Crippen LogP contribution is -2.25. The zero-order valence-electron chi connectivity index (χ0n) is 7.73. The molecule has 0 spiro atoms. The van der Waals surface area contributed by atoms with Gasteiger partial charge in [0.15, 0.2) is 5.13 Å². The Balaban J connectivity index is 2.58. The Morgan fingerprint density at radius 1 is 1.79 bits per heavy atom. The number of carboxylic acids is 1. The van der Waals surface area contributed by atoms with Crippen molar-refractivity contribution in [3.05, 3.63) is 9.98 Å². The number of nitrogens with zero attached hydrogens (tertiary/aromatic N) is 2. The second kappa shape index (κ2) is 5.31. The number of rotatable bonds is 5. The zero-order valence-corrected chi connectivity index (χ0v) is 10.1. The molecule has 0 fully saturated rings. The summed E-state index contributed by atoms with van der Waals surface area (Å²) in [5, 5.41) is 11.3. The second-order valence-electron chi connectivity index (χ2n) is 2.68. The van der Waals surface area contributed by atoms with Crippen LogP contribution >= 0.6 is 27.3 Å². The number of carbonyl (C=O) groups is 1. The van der Waals surface area contributed by atoms with Crippen molar-refractivity contribution < 1.29 is 9.90 Å². The number of halogens is 1. The second-order valence-corrected chi connectivity index (χ2v) is 4.33. The van der Waals surface area contributed by atoms with E-state index in [0.717, 1.165) is 16.3 Å². The van der Waals surface area contributed by atoms with Crippen molar-refractivity contribution >= 4 is 38.4 Å². The quantitative estimate of drug-likeness (QED) is 0.897. The molecule has 0 aromatic carbocycles. The lowest BCUT2D eigenvalue weighted by atomic mass is 10.4. The van der Waals surface area contributed by atoms with Crippen LogP contribution in [0.15, 0.2) is 9.98 Å². The molecular weight excluding hydrogens is 268 g/mol. The maximum absolute atomic E-state index is 10.4. The first-order valence-corrected chi connectivity index (χ1v) is 5.88. The summed E-state index contributed by atoms with van der Waals surface area (Å²) in [6.07, 6.45) is 0.144. The Morgan fingerprint density at radius 3 is 2.93 bits per heavy atom. The number of carboxylic acid groups (broad SMARTS) is 1. The highest BCUT2D eigenvalue weighted by molar-refractivity contribution is 9.10. The van der Waals surface area contributed by atoms with Crippen molar-refractivity contribution in [2.45, 2.75) is 13.3 Å². The zero-order chi connectivity index (χ0) is 10.6. The molecular formula is C8H11BrN2O2S. The van der Waals surface area contributed by atoms with E-state index in [1.807, 2.05) is 17.2 Å². The highest BCUT2D eigenvalue weighted by atomic mass is 79.9. The Morgan fingerprint density at radius 2 is 2.50 bits per heavy atom. The van der Waals surface area contributed by atoms with Crippen LogP contribution in [-0.4, -0.2) is 29.1 Å². The van der Waals surface area contributed by atoms with Crippen LogP contribution in [0.3, 0.4) is 0 Å². The van der Waals surface area contributed by atoms with Gasteiger partial charge in [0.05, 0.1) is 6.42 Å². The Kier molecular flexibility index (Phi) is 4.34. The van der Waals surface area contributed by atoms with Gasteiger partial charge in [-0.25, -0.2) is 4.98 Å². The third-order valence-electron chi connectivity index (χ3n) is 1.71. The van der Waals surface area contributed by atoms with E-state index >= 15 is 0 Å². The third kappa shape index (κ3) is 3.26. The molecule has 0 aliphatic heterocycles. The molecule has 0 aliphatic rings. The van der Waals surface area contributed by atoms with E-state index < -0.39 is 5.97 Å². The van der Waals surface area contributed by atoms with Gasteiger partial charge in [0, 0.05) is 18.5 Å². The number of hydrogen-bond acceptors (Lipinski definition) is 4.